The molecule has 26 heavy (non-hydrogen) atoms. The number of rotatable bonds is 7. The van der Waals surface area contributed by atoms with Gasteiger partial charge in [-0.3, -0.25) is 9.59 Å². The van der Waals surface area contributed by atoms with Crippen molar-refractivity contribution in [3.8, 4) is 0 Å². The Hall–Kier alpha value is -1.93. The number of amides is 2. The van der Waals surface area contributed by atoms with Gasteiger partial charge in [0.15, 0.2) is 0 Å². The van der Waals surface area contributed by atoms with E-state index in [0.717, 1.165) is 27.5 Å². The molecule has 1 fully saturated rings. The van der Waals surface area contributed by atoms with Gasteiger partial charge in [-0.2, -0.15) is 0 Å². The summed E-state index contributed by atoms with van der Waals surface area (Å²) >= 11 is 2.21. The summed E-state index contributed by atoms with van der Waals surface area (Å²) in [6.45, 7) is -0.0827. The minimum Gasteiger partial charge on any atom is -0.394 e. The van der Waals surface area contributed by atoms with Crippen LogP contribution < -0.4 is 10.6 Å². The average Bonchev–Trinajstić information content (AvgIpc) is 3.47. The molecule has 6 heteroatoms. The largest absolute Gasteiger partial charge is 0.394 e. The van der Waals surface area contributed by atoms with Crippen LogP contribution in [0.1, 0.15) is 24.0 Å². The zero-order valence-electron chi connectivity index (χ0n) is 14.2. The molecular weight excluding hydrogens is 443 g/mol. The van der Waals surface area contributed by atoms with Crippen molar-refractivity contribution in [3.05, 3.63) is 69.3 Å². The van der Waals surface area contributed by atoms with Crippen LogP contribution in [0.3, 0.4) is 0 Å². The van der Waals surface area contributed by atoms with Crippen molar-refractivity contribution in [1.29, 1.82) is 0 Å². The number of hydrogen-bond donors (Lipinski definition) is 3. The van der Waals surface area contributed by atoms with E-state index < -0.39 is 18.1 Å². The first-order valence-electron chi connectivity index (χ1n) is 8.55. The third-order valence-corrected chi connectivity index (χ3v) is 5.34. The Kier molecular flexibility index (Phi) is 5.93. The van der Waals surface area contributed by atoms with Crippen LogP contribution in [0.25, 0.3) is 0 Å². The minimum atomic E-state index is -0.952. The maximum atomic E-state index is 12.7. The van der Waals surface area contributed by atoms with Gasteiger partial charge in [0, 0.05) is 10.1 Å². The van der Waals surface area contributed by atoms with Gasteiger partial charge in [-0.05, 0) is 58.7 Å². The van der Waals surface area contributed by atoms with E-state index in [0.29, 0.717) is 6.54 Å². The van der Waals surface area contributed by atoms with Crippen molar-refractivity contribution in [2.45, 2.75) is 30.8 Å². The Bertz CT molecular complexity index is 791. The van der Waals surface area contributed by atoms with Gasteiger partial charge >= 0.3 is 0 Å². The van der Waals surface area contributed by atoms with E-state index in [1.807, 2.05) is 54.6 Å². The van der Waals surface area contributed by atoms with Gasteiger partial charge in [0.1, 0.15) is 6.04 Å². The highest BCUT2D eigenvalue weighted by molar-refractivity contribution is 14.1. The maximum absolute atomic E-state index is 12.7. The van der Waals surface area contributed by atoms with E-state index in [1.54, 1.807) is 0 Å². The number of aliphatic hydroxyl groups is 1. The summed E-state index contributed by atoms with van der Waals surface area (Å²) in [7, 11) is 0. The van der Waals surface area contributed by atoms with Crippen LogP contribution in [0.5, 0.6) is 0 Å². The van der Waals surface area contributed by atoms with E-state index in [2.05, 4.69) is 33.2 Å². The zero-order valence-corrected chi connectivity index (χ0v) is 16.4. The molecule has 1 aliphatic rings. The number of aliphatic hydroxyl groups excluding tert-OH is 1. The fourth-order valence-electron chi connectivity index (χ4n) is 2.98. The van der Waals surface area contributed by atoms with Crippen LogP contribution in [0, 0.1) is 3.57 Å². The molecule has 0 unspecified atom stereocenters. The molecule has 1 atom stereocenters. The van der Waals surface area contributed by atoms with Gasteiger partial charge in [-0.25, -0.2) is 0 Å². The molecule has 2 aromatic rings. The predicted molar refractivity (Wildman–Crippen MR) is 107 cm³/mol. The SMILES string of the molecule is O=C(NCc1cccc(I)c1)[C@H](CO)NC(=O)C1(c2ccccc2)CC1. The highest BCUT2D eigenvalue weighted by Crippen LogP contribution is 2.48. The van der Waals surface area contributed by atoms with Crippen LogP contribution in [0.15, 0.2) is 54.6 Å². The Labute approximate surface area is 166 Å². The number of carbonyl (C=O) groups is 2. The fourth-order valence-corrected chi connectivity index (χ4v) is 3.59. The zero-order chi connectivity index (χ0) is 18.6. The van der Waals surface area contributed by atoms with Gasteiger partial charge in [0.25, 0.3) is 0 Å². The number of hydrogen-bond acceptors (Lipinski definition) is 3. The molecule has 3 rings (SSSR count). The lowest BCUT2D eigenvalue weighted by molar-refractivity contribution is -0.131. The van der Waals surface area contributed by atoms with Crippen molar-refractivity contribution < 1.29 is 14.7 Å². The molecule has 2 aromatic carbocycles. The Morgan fingerprint density at radius 3 is 2.46 bits per heavy atom. The lowest BCUT2D eigenvalue weighted by atomic mass is 9.94. The van der Waals surface area contributed by atoms with E-state index in [1.165, 1.54) is 0 Å². The summed E-state index contributed by atoms with van der Waals surface area (Å²) < 4.78 is 1.08. The van der Waals surface area contributed by atoms with Gasteiger partial charge in [-0.1, -0.05) is 42.5 Å². The second-order valence-corrected chi connectivity index (χ2v) is 7.75. The van der Waals surface area contributed by atoms with Gasteiger partial charge in [0.05, 0.1) is 12.0 Å². The van der Waals surface area contributed by atoms with Gasteiger partial charge in [-0.15, -0.1) is 0 Å². The summed E-state index contributed by atoms with van der Waals surface area (Å²) in [5.74, 6) is -0.587. The topological polar surface area (TPSA) is 78.4 Å². The molecule has 3 N–H and O–H groups in total. The molecule has 0 saturated heterocycles. The summed E-state index contributed by atoms with van der Waals surface area (Å²) in [4.78, 5) is 25.1. The molecule has 2 amide bonds. The van der Waals surface area contributed by atoms with Crippen LogP contribution in [-0.4, -0.2) is 29.6 Å². The molecule has 0 spiro atoms. The number of nitrogens with one attached hydrogen (secondary N) is 2. The van der Waals surface area contributed by atoms with Crippen LogP contribution >= 0.6 is 22.6 Å². The molecule has 0 aromatic heterocycles. The maximum Gasteiger partial charge on any atom is 0.245 e. The first-order valence-corrected chi connectivity index (χ1v) is 9.62. The van der Waals surface area contributed by atoms with Gasteiger partial charge < -0.3 is 15.7 Å². The van der Waals surface area contributed by atoms with Crippen molar-refractivity contribution in [3.63, 3.8) is 0 Å². The quantitative estimate of drug-likeness (QED) is 0.550. The highest BCUT2D eigenvalue weighted by atomic mass is 127. The van der Waals surface area contributed by atoms with Crippen molar-refractivity contribution in [2.75, 3.05) is 6.61 Å². The third-order valence-electron chi connectivity index (χ3n) is 4.67. The first-order chi connectivity index (χ1) is 12.5. The fraction of sp³-hybridized carbons (Fsp3) is 0.300. The monoisotopic (exact) mass is 464 g/mol. The Balaban J connectivity index is 1.60. The first kappa shape index (κ1) is 18.8. The van der Waals surface area contributed by atoms with Gasteiger partial charge in [0.2, 0.25) is 11.8 Å². The van der Waals surface area contributed by atoms with E-state index >= 15 is 0 Å². The minimum absolute atomic E-state index is 0.202. The van der Waals surface area contributed by atoms with E-state index in [9.17, 15) is 14.7 Å². The van der Waals surface area contributed by atoms with Crippen LogP contribution in [-0.2, 0) is 21.5 Å². The smallest absolute Gasteiger partial charge is 0.245 e. The standard InChI is InChI=1S/C20H21IN2O3/c21-16-8-4-5-14(11-16)12-22-18(25)17(13-24)23-19(26)20(9-10-20)15-6-2-1-3-7-15/h1-8,11,17,24H,9-10,12-13H2,(H,22,25)(H,23,26)/t17-/m0/s1. The number of benzene rings is 2. The van der Waals surface area contributed by atoms with Crippen molar-refractivity contribution in [2.24, 2.45) is 0 Å². The molecule has 0 heterocycles. The molecule has 0 radical (unpaired) electrons. The lowest BCUT2D eigenvalue weighted by Crippen LogP contribution is -2.51. The molecule has 5 nitrogen and oxygen atoms in total. The highest BCUT2D eigenvalue weighted by Gasteiger charge is 2.51. The Morgan fingerprint density at radius 1 is 1.12 bits per heavy atom. The van der Waals surface area contributed by atoms with Crippen molar-refractivity contribution in [1.82, 2.24) is 10.6 Å². The van der Waals surface area contributed by atoms with E-state index in [-0.39, 0.29) is 11.8 Å². The summed E-state index contributed by atoms with van der Waals surface area (Å²) in [5.41, 5.74) is 1.36. The van der Waals surface area contributed by atoms with Crippen LogP contribution in [0.4, 0.5) is 0 Å². The predicted octanol–water partition coefficient (Wildman–Crippen LogP) is 2.12. The summed E-state index contributed by atoms with van der Waals surface area (Å²) in [5, 5.41) is 15.1. The number of halogens is 1. The average molecular weight is 464 g/mol. The third kappa shape index (κ3) is 4.24. The second-order valence-electron chi connectivity index (χ2n) is 6.50. The van der Waals surface area contributed by atoms with Crippen molar-refractivity contribution >= 4 is 34.4 Å². The molecular formula is C20H21IN2O3. The molecule has 136 valence electrons. The summed E-state index contributed by atoms with van der Waals surface area (Å²) in [6, 6.07) is 16.4. The molecule has 0 bridgehead atoms. The normalized spacial score (nSPS) is 15.8. The molecule has 1 saturated carbocycles. The molecule has 1 aliphatic carbocycles. The summed E-state index contributed by atoms with van der Waals surface area (Å²) in [6.07, 6.45) is 1.51. The lowest BCUT2D eigenvalue weighted by Gasteiger charge is -2.21. The van der Waals surface area contributed by atoms with E-state index in [4.69, 9.17) is 0 Å². The molecule has 0 aliphatic heterocycles. The number of carbonyl (C=O) groups excluding carboxylic acids is 2. The van der Waals surface area contributed by atoms with Crippen LogP contribution in [0.2, 0.25) is 0 Å². The second kappa shape index (κ2) is 8.18. The Morgan fingerprint density at radius 2 is 1.85 bits per heavy atom.